The molecular weight excluding hydrogens is 278 g/mol. The Morgan fingerprint density at radius 2 is 2.18 bits per heavy atom. The number of fused-ring (bicyclic) bond motifs is 1. The number of benzene rings is 1. The molecule has 0 spiro atoms. The van der Waals surface area contributed by atoms with E-state index in [9.17, 15) is 9.90 Å². The molecule has 2 aromatic rings. The first kappa shape index (κ1) is 16.5. The summed E-state index contributed by atoms with van der Waals surface area (Å²) in [7, 11) is 0. The number of H-pyrrole nitrogens is 1. The third kappa shape index (κ3) is 4.56. The minimum Gasteiger partial charge on any atom is -0.391 e. The number of carbonyl (C=O) groups excluding carboxylic acids is 1. The first-order chi connectivity index (χ1) is 10.5. The van der Waals surface area contributed by atoms with Crippen LogP contribution < -0.4 is 5.32 Å². The minimum absolute atomic E-state index is 0.0556. The van der Waals surface area contributed by atoms with E-state index in [1.165, 1.54) is 0 Å². The smallest absolute Gasteiger partial charge is 0.220 e. The molecule has 0 aliphatic rings. The molecule has 0 fully saturated rings. The van der Waals surface area contributed by atoms with Crippen LogP contribution in [0.3, 0.4) is 0 Å². The fourth-order valence-electron chi connectivity index (χ4n) is 2.52. The maximum Gasteiger partial charge on any atom is 0.220 e. The lowest BCUT2D eigenvalue weighted by molar-refractivity contribution is -0.121. The number of nitrogens with one attached hydrogen (secondary N) is 2. The molecule has 1 atom stereocenters. The monoisotopic (exact) mass is 303 g/mol. The number of aryl methyl sites for hydroxylation is 2. The van der Waals surface area contributed by atoms with Gasteiger partial charge in [-0.2, -0.15) is 0 Å². The molecule has 22 heavy (non-hydrogen) atoms. The Hall–Kier alpha value is -1.88. The van der Waals surface area contributed by atoms with Crippen molar-refractivity contribution in [2.24, 2.45) is 5.92 Å². The fourth-order valence-corrected chi connectivity index (χ4v) is 2.52. The predicted octanol–water partition coefficient (Wildman–Crippen LogP) is 2.33. The zero-order chi connectivity index (χ0) is 16.1. The summed E-state index contributed by atoms with van der Waals surface area (Å²) in [6.45, 7) is 6.44. The molecular formula is C17H25N3O2. The highest BCUT2D eigenvalue weighted by molar-refractivity contribution is 5.79. The standard InChI is InChI=1S/C17H25N3O2/c1-11(2)9-13(21)10-18-16(22)8-7-15-19-14-6-4-5-12(3)17(14)20-15/h4-6,11,13,21H,7-10H2,1-3H3,(H,18,22)(H,19,20). The molecule has 3 N–H and O–H groups in total. The maximum atomic E-state index is 11.8. The number of rotatable bonds is 7. The van der Waals surface area contributed by atoms with Crippen LogP contribution in [0, 0.1) is 12.8 Å². The highest BCUT2D eigenvalue weighted by Crippen LogP contribution is 2.16. The Balaban J connectivity index is 1.81. The summed E-state index contributed by atoms with van der Waals surface area (Å²) in [6, 6.07) is 6.00. The van der Waals surface area contributed by atoms with Crippen molar-refractivity contribution in [2.75, 3.05) is 6.54 Å². The molecule has 0 bridgehead atoms. The highest BCUT2D eigenvalue weighted by Gasteiger charge is 2.10. The van der Waals surface area contributed by atoms with Crippen LogP contribution in [-0.4, -0.2) is 33.6 Å². The molecule has 0 saturated heterocycles. The number of hydrogen-bond donors (Lipinski definition) is 3. The van der Waals surface area contributed by atoms with E-state index < -0.39 is 6.10 Å². The lowest BCUT2D eigenvalue weighted by Crippen LogP contribution is -2.32. The van der Waals surface area contributed by atoms with Gasteiger partial charge >= 0.3 is 0 Å². The molecule has 2 rings (SSSR count). The number of para-hydroxylation sites is 1. The van der Waals surface area contributed by atoms with E-state index >= 15 is 0 Å². The van der Waals surface area contributed by atoms with Crippen LogP contribution in [0.4, 0.5) is 0 Å². The second-order valence-corrected chi connectivity index (χ2v) is 6.24. The summed E-state index contributed by atoms with van der Waals surface area (Å²) in [5.74, 6) is 1.19. The molecule has 0 aliphatic heterocycles. The largest absolute Gasteiger partial charge is 0.391 e. The number of aromatic amines is 1. The average molecular weight is 303 g/mol. The molecule has 1 aromatic heterocycles. The Labute approximate surface area is 131 Å². The van der Waals surface area contributed by atoms with Gasteiger partial charge in [0, 0.05) is 19.4 Å². The molecule has 0 aliphatic carbocycles. The van der Waals surface area contributed by atoms with Gasteiger partial charge in [-0.25, -0.2) is 4.98 Å². The minimum atomic E-state index is -0.474. The topological polar surface area (TPSA) is 78.0 Å². The van der Waals surface area contributed by atoms with Crippen LogP contribution in [0.25, 0.3) is 11.0 Å². The lowest BCUT2D eigenvalue weighted by atomic mass is 10.1. The van der Waals surface area contributed by atoms with Gasteiger partial charge in [0.1, 0.15) is 5.82 Å². The van der Waals surface area contributed by atoms with Crippen molar-refractivity contribution in [3.8, 4) is 0 Å². The maximum absolute atomic E-state index is 11.8. The predicted molar refractivity (Wildman–Crippen MR) is 87.6 cm³/mol. The van der Waals surface area contributed by atoms with Gasteiger partial charge in [-0.15, -0.1) is 0 Å². The zero-order valence-electron chi connectivity index (χ0n) is 13.5. The van der Waals surface area contributed by atoms with Crippen LogP contribution in [0.5, 0.6) is 0 Å². The van der Waals surface area contributed by atoms with Crippen molar-refractivity contribution in [1.29, 1.82) is 0 Å². The summed E-state index contributed by atoms with van der Waals surface area (Å²) in [6.07, 6.45) is 1.16. The van der Waals surface area contributed by atoms with E-state index in [0.29, 0.717) is 31.7 Å². The lowest BCUT2D eigenvalue weighted by Gasteiger charge is -2.13. The Morgan fingerprint density at radius 3 is 2.86 bits per heavy atom. The Morgan fingerprint density at radius 1 is 1.41 bits per heavy atom. The number of carbonyl (C=O) groups is 1. The van der Waals surface area contributed by atoms with E-state index in [0.717, 1.165) is 22.4 Å². The third-order valence-corrected chi connectivity index (χ3v) is 3.63. The van der Waals surface area contributed by atoms with Gasteiger partial charge in [0.05, 0.1) is 17.1 Å². The van der Waals surface area contributed by atoms with Gasteiger partial charge in [0.25, 0.3) is 0 Å². The van der Waals surface area contributed by atoms with Crippen LogP contribution in [0.2, 0.25) is 0 Å². The number of imidazole rings is 1. The number of hydrogen-bond acceptors (Lipinski definition) is 3. The average Bonchev–Trinajstić information content (AvgIpc) is 2.87. The SMILES string of the molecule is Cc1cccc2[nH]c(CCC(=O)NCC(O)CC(C)C)nc12. The van der Waals surface area contributed by atoms with Crippen LogP contribution in [0.1, 0.15) is 38.1 Å². The van der Waals surface area contributed by atoms with Gasteiger partial charge in [-0.05, 0) is 30.9 Å². The van der Waals surface area contributed by atoms with Gasteiger partial charge in [0.2, 0.25) is 5.91 Å². The van der Waals surface area contributed by atoms with E-state index in [-0.39, 0.29) is 5.91 Å². The normalized spacial score (nSPS) is 12.8. The number of aliphatic hydroxyl groups is 1. The van der Waals surface area contributed by atoms with Gasteiger partial charge in [0.15, 0.2) is 0 Å². The quantitative estimate of drug-likeness (QED) is 0.734. The fraction of sp³-hybridized carbons (Fsp3) is 0.529. The Kier molecular flexibility index (Phi) is 5.55. The summed E-state index contributed by atoms with van der Waals surface area (Å²) >= 11 is 0. The second kappa shape index (κ2) is 7.40. The molecule has 5 nitrogen and oxygen atoms in total. The molecule has 1 heterocycles. The van der Waals surface area contributed by atoms with Crippen molar-refractivity contribution in [1.82, 2.24) is 15.3 Å². The van der Waals surface area contributed by atoms with E-state index in [2.05, 4.69) is 29.1 Å². The van der Waals surface area contributed by atoms with E-state index in [4.69, 9.17) is 0 Å². The van der Waals surface area contributed by atoms with Crippen LogP contribution in [-0.2, 0) is 11.2 Å². The molecule has 1 amide bonds. The first-order valence-electron chi connectivity index (χ1n) is 7.84. The van der Waals surface area contributed by atoms with E-state index in [1.54, 1.807) is 0 Å². The van der Waals surface area contributed by atoms with Crippen molar-refractivity contribution < 1.29 is 9.90 Å². The van der Waals surface area contributed by atoms with Crippen LogP contribution >= 0.6 is 0 Å². The molecule has 0 radical (unpaired) electrons. The molecule has 5 heteroatoms. The Bertz CT molecular complexity index is 634. The third-order valence-electron chi connectivity index (χ3n) is 3.63. The van der Waals surface area contributed by atoms with Crippen molar-refractivity contribution in [3.05, 3.63) is 29.6 Å². The summed E-state index contributed by atoms with van der Waals surface area (Å²) in [5, 5.41) is 12.5. The summed E-state index contributed by atoms with van der Waals surface area (Å²) < 4.78 is 0. The van der Waals surface area contributed by atoms with Gasteiger partial charge in [-0.3, -0.25) is 4.79 Å². The summed E-state index contributed by atoms with van der Waals surface area (Å²) in [4.78, 5) is 19.6. The number of nitrogens with zero attached hydrogens (tertiary/aromatic N) is 1. The molecule has 120 valence electrons. The van der Waals surface area contributed by atoms with Crippen molar-refractivity contribution in [3.63, 3.8) is 0 Å². The summed E-state index contributed by atoms with van der Waals surface area (Å²) in [5.41, 5.74) is 3.09. The van der Waals surface area contributed by atoms with E-state index in [1.807, 2.05) is 25.1 Å². The number of amides is 1. The second-order valence-electron chi connectivity index (χ2n) is 6.24. The molecule has 0 saturated carbocycles. The first-order valence-corrected chi connectivity index (χ1v) is 7.84. The molecule has 1 unspecified atom stereocenters. The van der Waals surface area contributed by atoms with Crippen molar-refractivity contribution in [2.45, 2.75) is 46.1 Å². The number of aromatic nitrogens is 2. The van der Waals surface area contributed by atoms with Crippen molar-refractivity contribution >= 4 is 16.9 Å². The number of aliphatic hydroxyl groups excluding tert-OH is 1. The van der Waals surface area contributed by atoms with Gasteiger partial charge in [-0.1, -0.05) is 26.0 Å². The molecule has 1 aromatic carbocycles. The zero-order valence-corrected chi connectivity index (χ0v) is 13.5. The highest BCUT2D eigenvalue weighted by atomic mass is 16.3. The van der Waals surface area contributed by atoms with Crippen LogP contribution in [0.15, 0.2) is 18.2 Å². The van der Waals surface area contributed by atoms with Gasteiger partial charge < -0.3 is 15.4 Å².